The zero-order valence-corrected chi connectivity index (χ0v) is 10.3. The van der Waals surface area contributed by atoms with Crippen LogP contribution in [0, 0.1) is 0 Å². The zero-order chi connectivity index (χ0) is 12.1. The van der Waals surface area contributed by atoms with Crippen LogP contribution in [0.1, 0.15) is 19.7 Å². The molecule has 0 aliphatic rings. The molecule has 17 heavy (non-hydrogen) atoms. The van der Waals surface area contributed by atoms with Crippen molar-refractivity contribution in [3.05, 3.63) is 36.4 Å². The molecule has 2 heterocycles. The number of pyridine rings is 1. The van der Waals surface area contributed by atoms with E-state index in [1.54, 1.807) is 6.20 Å². The highest BCUT2D eigenvalue weighted by molar-refractivity contribution is 5.52. The van der Waals surface area contributed by atoms with Gasteiger partial charge in [-0.3, -0.25) is 4.98 Å². The molecular formula is C13H18N4. The van der Waals surface area contributed by atoms with Crippen LogP contribution in [-0.4, -0.2) is 27.5 Å². The summed E-state index contributed by atoms with van der Waals surface area (Å²) in [4.78, 5) is 11.9. The third-order valence-corrected chi connectivity index (χ3v) is 2.48. The first-order valence-corrected chi connectivity index (χ1v) is 5.94. The molecule has 0 unspecified atom stereocenters. The van der Waals surface area contributed by atoms with Gasteiger partial charge in [-0.05, 0) is 12.1 Å². The number of hydrogen-bond acceptors (Lipinski definition) is 3. The van der Waals surface area contributed by atoms with Crippen molar-refractivity contribution in [3.63, 3.8) is 0 Å². The van der Waals surface area contributed by atoms with Gasteiger partial charge in [-0.25, -0.2) is 4.98 Å². The third kappa shape index (κ3) is 3.39. The Morgan fingerprint density at radius 1 is 1.29 bits per heavy atom. The fourth-order valence-electron chi connectivity index (χ4n) is 1.62. The highest BCUT2D eigenvalue weighted by Gasteiger charge is 2.03. The SMILES string of the molecule is CC(C)NCCc1ncc(-c2ccccn2)[nH]1. The van der Waals surface area contributed by atoms with Crippen molar-refractivity contribution in [2.75, 3.05) is 6.54 Å². The minimum absolute atomic E-state index is 0.514. The summed E-state index contributed by atoms with van der Waals surface area (Å²) in [5.74, 6) is 0.999. The lowest BCUT2D eigenvalue weighted by Crippen LogP contribution is -2.25. The van der Waals surface area contributed by atoms with Crippen molar-refractivity contribution in [1.29, 1.82) is 0 Å². The normalized spacial score (nSPS) is 11.0. The summed E-state index contributed by atoms with van der Waals surface area (Å²) in [6, 6.07) is 6.38. The Morgan fingerprint density at radius 3 is 2.88 bits per heavy atom. The second-order valence-corrected chi connectivity index (χ2v) is 4.32. The average Bonchev–Trinajstić information content (AvgIpc) is 2.78. The van der Waals surface area contributed by atoms with Crippen LogP contribution in [0.15, 0.2) is 30.6 Å². The first-order valence-electron chi connectivity index (χ1n) is 5.94. The number of imidazole rings is 1. The van der Waals surface area contributed by atoms with Gasteiger partial charge in [0, 0.05) is 25.2 Å². The summed E-state index contributed by atoms with van der Waals surface area (Å²) in [7, 11) is 0. The molecule has 0 bridgehead atoms. The van der Waals surface area contributed by atoms with Gasteiger partial charge in [-0.1, -0.05) is 19.9 Å². The Balaban J connectivity index is 1.97. The lowest BCUT2D eigenvalue weighted by Gasteiger charge is -2.05. The fraction of sp³-hybridized carbons (Fsp3) is 0.385. The van der Waals surface area contributed by atoms with E-state index in [1.807, 2.05) is 24.4 Å². The standard InChI is InChI=1S/C13H18N4/c1-10(2)14-8-6-13-16-9-12(17-13)11-5-3-4-7-15-11/h3-5,7,9-10,14H,6,8H2,1-2H3,(H,16,17). The van der Waals surface area contributed by atoms with E-state index >= 15 is 0 Å². The number of aromatic nitrogens is 3. The van der Waals surface area contributed by atoms with Crippen molar-refractivity contribution in [1.82, 2.24) is 20.3 Å². The minimum atomic E-state index is 0.514. The molecule has 90 valence electrons. The van der Waals surface area contributed by atoms with E-state index < -0.39 is 0 Å². The summed E-state index contributed by atoms with van der Waals surface area (Å²) in [6.45, 7) is 5.22. The number of H-pyrrole nitrogens is 1. The molecule has 2 aromatic rings. The van der Waals surface area contributed by atoms with Crippen LogP contribution < -0.4 is 5.32 Å². The van der Waals surface area contributed by atoms with Gasteiger partial charge in [-0.2, -0.15) is 0 Å². The first-order chi connectivity index (χ1) is 8.25. The Bertz CT molecular complexity index is 447. The molecule has 2 rings (SSSR count). The number of aromatic amines is 1. The molecule has 0 spiro atoms. The number of nitrogens with zero attached hydrogens (tertiary/aromatic N) is 2. The van der Waals surface area contributed by atoms with Crippen LogP contribution in [0.3, 0.4) is 0 Å². The van der Waals surface area contributed by atoms with E-state index in [9.17, 15) is 0 Å². The molecule has 0 radical (unpaired) electrons. The summed E-state index contributed by atoms with van der Waals surface area (Å²) >= 11 is 0. The molecule has 0 saturated carbocycles. The van der Waals surface area contributed by atoms with Crippen LogP contribution in [0.25, 0.3) is 11.4 Å². The maximum atomic E-state index is 4.35. The number of nitrogens with one attached hydrogen (secondary N) is 2. The Morgan fingerprint density at radius 2 is 2.18 bits per heavy atom. The monoisotopic (exact) mass is 230 g/mol. The quantitative estimate of drug-likeness (QED) is 0.826. The van der Waals surface area contributed by atoms with Crippen molar-refractivity contribution < 1.29 is 0 Å². The average molecular weight is 230 g/mol. The van der Waals surface area contributed by atoms with Crippen LogP contribution in [0.5, 0.6) is 0 Å². The molecular weight excluding hydrogens is 212 g/mol. The van der Waals surface area contributed by atoms with Crippen LogP contribution in [-0.2, 0) is 6.42 Å². The zero-order valence-electron chi connectivity index (χ0n) is 10.3. The lowest BCUT2D eigenvalue weighted by atomic mass is 10.3. The minimum Gasteiger partial charge on any atom is -0.341 e. The van der Waals surface area contributed by atoms with Gasteiger partial charge in [0.25, 0.3) is 0 Å². The molecule has 0 atom stereocenters. The van der Waals surface area contributed by atoms with E-state index in [4.69, 9.17) is 0 Å². The molecule has 0 aromatic carbocycles. The second-order valence-electron chi connectivity index (χ2n) is 4.32. The fourth-order valence-corrected chi connectivity index (χ4v) is 1.62. The first kappa shape index (κ1) is 11.8. The number of hydrogen-bond donors (Lipinski definition) is 2. The topological polar surface area (TPSA) is 53.6 Å². The van der Waals surface area contributed by atoms with E-state index in [1.165, 1.54) is 0 Å². The molecule has 0 fully saturated rings. The van der Waals surface area contributed by atoms with E-state index in [-0.39, 0.29) is 0 Å². The van der Waals surface area contributed by atoms with Crippen molar-refractivity contribution in [2.24, 2.45) is 0 Å². The highest BCUT2D eigenvalue weighted by Crippen LogP contribution is 2.12. The van der Waals surface area contributed by atoms with Crippen molar-refractivity contribution in [2.45, 2.75) is 26.3 Å². The van der Waals surface area contributed by atoms with Gasteiger partial charge >= 0.3 is 0 Å². The van der Waals surface area contributed by atoms with Gasteiger partial charge in [0.15, 0.2) is 0 Å². The molecule has 2 aromatic heterocycles. The predicted octanol–water partition coefficient (Wildman–Crippen LogP) is 2.01. The molecule has 0 aliphatic carbocycles. The molecule has 0 amide bonds. The Kier molecular flexibility index (Phi) is 3.88. The van der Waals surface area contributed by atoms with Crippen LogP contribution in [0.2, 0.25) is 0 Å². The van der Waals surface area contributed by atoms with Gasteiger partial charge in [-0.15, -0.1) is 0 Å². The summed E-state index contributed by atoms with van der Waals surface area (Å²) in [5, 5.41) is 3.37. The largest absolute Gasteiger partial charge is 0.341 e. The van der Waals surface area contributed by atoms with Gasteiger partial charge in [0.05, 0.1) is 17.6 Å². The molecule has 2 N–H and O–H groups in total. The highest BCUT2D eigenvalue weighted by atomic mass is 14.9. The predicted molar refractivity (Wildman–Crippen MR) is 68.7 cm³/mol. The van der Waals surface area contributed by atoms with Crippen molar-refractivity contribution in [3.8, 4) is 11.4 Å². The van der Waals surface area contributed by atoms with E-state index in [0.29, 0.717) is 6.04 Å². The maximum absolute atomic E-state index is 4.35. The Labute approximate surface area is 102 Å². The summed E-state index contributed by atoms with van der Waals surface area (Å²) in [6.07, 6.45) is 4.54. The molecule has 4 nitrogen and oxygen atoms in total. The van der Waals surface area contributed by atoms with E-state index in [0.717, 1.165) is 30.2 Å². The molecule has 4 heteroatoms. The second kappa shape index (κ2) is 5.59. The number of rotatable bonds is 5. The van der Waals surface area contributed by atoms with Crippen LogP contribution >= 0.6 is 0 Å². The smallest absolute Gasteiger partial charge is 0.107 e. The third-order valence-electron chi connectivity index (χ3n) is 2.48. The lowest BCUT2D eigenvalue weighted by molar-refractivity contribution is 0.584. The Hall–Kier alpha value is -1.68. The summed E-state index contributed by atoms with van der Waals surface area (Å²) in [5.41, 5.74) is 1.91. The van der Waals surface area contributed by atoms with Gasteiger partial charge < -0.3 is 10.3 Å². The van der Waals surface area contributed by atoms with Gasteiger partial charge in [0.1, 0.15) is 5.82 Å². The van der Waals surface area contributed by atoms with E-state index in [2.05, 4.69) is 34.1 Å². The van der Waals surface area contributed by atoms with Crippen molar-refractivity contribution >= 4 is 0 Å². The van der Waals surface area contributed by atoms with Crippen LogP contribution in [0.4, 0.5) is 0 Å². The van der Waals surface area contributed by atoms with Gasteiger partial charge in [0.2, 0.25) is 0 Å². The molecule has 0 saturated heterocycles. The summed E-state index contributed by atoms with van der Waals surface area (Å²) < 4.78 is 0. The maximum Gasteiger partial charge on any atom is 0.107 e. The molecule has 0 aliphatic heterocycles.